The van der Waals surface area contributed by atoms with Gasteiger partial charge in [-0.05, 0) is 13.8 Å². The Hall–Kier alpha value is -1.63. The number of esters is 1. The van der Waals surface area contributed by atoms with E-state index >= 15 is 0 Å². The van der Waals surface area contributed by atoms with Crippen LogP contribution in [0.25, 0.3) is 0 Å². The highest BCUT2D eigenvalue weighted by Crippen LogP contribution is 1.96. The van der Waals surface area contributed by atoms with Crippen molar-refractivity contribution in [3.8, 4) is 0 Å². The molecule has 7 nitrogen and oxygen atoms in total. The van der Waals surface area contributed by atoms with Gasteiger partial charge in [0.25, 0.3) is 0 Å². The zero-order chi connectivity index (χ0) is 14.0. The fraction of sp³-hybridized carbons (Fsp3) is 0.700. The van der Waals surface area contributed by atoms with Gasteiger partial charge < -0.3 is 20.1 Å². The Morgan fingerprint density at radius 3 is 1.65 bits per heavy atom. The van der Waals surface area contributed by atoms with Gasteiger partial charge in [-0.2, -0.15) is 0 Å². The minimum absolute atomic E-state index is 0.139. The predicted molar refractivity (Wildman–Crippen MR) is 57.4 cm³/mol. The van der Waals surface area contributed by atoms with E-state index < -0.39 is 30.1 Å². The molecule has 0 rings (SSSR count). The second kappa shape index (κ2) is 9.59. The molecule has 0 aliphatic heterocycles. The number of carbonyl (C=O) groups is 3. The maximum atomic E-state index is 10.2. The molecule has 7 heteroatoms. The van der Waals surface area contributed by atoms with Crippen LogP contribution in [0.1, 0.15) is 33.6 Å². The summed E-state index contributed by atoms with van der Waals surface area (Å²) >= 11 is 0. The van der Waals surface area contributed by atoms with E-state index in [0.29, 0.717) is 0 Å². The SMILES string of the molecule is CC(=O)OC(C)CC(=O)O.CC(O)CC(=O)O. The Morgan fingerprint density at radius 2 is 1.47 bits per heavy atom. The van der Waals surface area contributed by atoms with Gasteiger partial charge in [-0.1, -0.05) is 0 Å². The maximum Gasteiger partial charge on any atom is 0.307 e. The lowest BCUT2D eigenvalue weighted by Crippen LogP contribution is -2.16. The lowest BCUT2D eigenvalue weighted by molar-refractivity contribution is -0.149. The van der Waals surface area contributed by atoms with Crippen LogP contribution in [0.4, 0.5) is 0 Å². The Balaban J connectivity index is 0. The summed E-state index contributed by atoms with van der Waals surface area (Å²) in [5.41, 5.74) is 0. The van der Waals surface area contributed by atoms with E-state index in [0.717, 1.165) is 0 Å². The number of aliphatic carboxylic acids is 2. The number of rotatable bonds is 5. The van der Waals surface area contributed by atoms with E-state index in [1.807, 2.05) is 0 Å². The summed E-state index contributed by atoms with van der Waals surface area (Å²) in [7, 11) is 0. The Bertz CT molecular complexity index is 243. The van der Waals surface area contributed by atoms with Gasteiger partial charge in [-0.15, -0.1) is 0 Å². The molecule has 0 fully saturated rings. The van der Waals surface area contributed by atoms with Crippen LogP contribution in [0.3, 0.4) is 0 Å². The minimum atomic E-state index is -0.964. The number of carboxylic acid groups (broad SMARTS) is 2. The average molecular weight is 250 g/mol. The molecule has 17 heavy (non-hydrogen) atoms. The lowest BCUT2D eigenvalue weighted by Gasteiger charge is -2.07. The Kier molecular flexibility index (Phi) is 10.0. The van der Waals surface area contributed by atoms with Crippen LogP contribution in [-0.2, 0) is 19.1 Å². The van der Waals surface area contributed by atoms with Gasteiger partial charge in [0.15, 0.2) is 0 Å². The van der Waals surface area contributed by atoms with Crippen molar-refractivity contribution in [2.24, 2.45) is 0 Å². The van der Waals surface area contributed by atoms with E-state index in [-0.39, 0.29) is 12.8 Å². The first kappa shape index (κ1) is 17.8. The molecule has 0 saturated carbocycles. The van der Waals surface area contributed by atoms with Crippen LogP contribution in [0.15, 0.2) is 0 Å². The molecule has 100 valence electrons. The quantitative estimate of drug-likeness (QED) is 0.598. The molecular formula is C10H18O7. The highest BCUT2D eigenvalue weighted by molar-refractivity contribution is 5.69. The van der Waals surface area contributed by atoms with Crippen molar-refractivity contribution in [2.45, 2.75) is 45.8 Å². The monoisotopic (exact) mass is 250 g/mol. The highest BCUT2D eigenvalue weighted by atomic mass is 16.5. The van der Waals surface area contributed by atoms with Gasteiger partial charge in [-0.3, -0.25) is 14.4 Å². The third-order valence-electron chi connectivity index (χ3n) is 1.30. The van der Waals surface area contributed by atoms with Crippen molar-refractivity contribution in [1.29, 1.82) is 0 Å². The smallest absolute Gasteiger partial charge is 0.307 e. The highest BCUT2D eigenvalue weighted by Gasteiger charge is 2.09. The summed E-state index contributed by atoms with van der Waals surface area (Å²) in [6.45, 7) is 4.22. The molecule has 0 aromatic carbocycles. The molecule has 0 radical (unpaired) electrons. The standard InChI is InChI=1S/C6H10O4.C4H8O3/c1-4(3-6(8)9)10-5(2)7;1-3(5)2-4(6)7/h4H,3H2,1-2H3,(H,8,9);3,5H,2H2,1H3,(H,6,7). The molecule has 0 bridgehead atoms. The van der Waals surface area contributed by atoms with Gasteiger partial charge in [0.1, 0.15) is 6.10 Å². The van der Waals surface area contributed by atoms with Crippen molar-refractivity contribution in [2.75, 3.05) is 0 Å². The molecule has 2 atom stereocenters. The number of carbonyl (C=O) groups excluding carboxylic acids is 1. The summed E-state index contributed by atoms with van der Waals surface area (Å²) in [5.74, 6) is -2.38. The van der Waals surface area contributed by atoms with Crippen LogP contribution in [-0.4, -0.2) is 45.4 Å². The predicted octanol–water partition coefficient (Wildman–Crippen LogP) is 0.255. The molecule has 0 aliphatic carbocycles. The number of carboxylic acids is 2. The molecule has 0 amide bonds. The summed E-state index contributed by atoms with van der Waals surface area (Å²) in [4.78, 5) is 29.9. The molecular weight excluding hydrogens is 232 g/mol. The number of aliphatic hydroxyl groups is 1. The molecule has 0 saturated heterocycles. The van der Waals surface area contributed by atoms with E-state index in [2.05, 4.69) is 4.74 Å². The average Bonchev–Trinajstić information content (AvgIpc) is 1.97. The first-order chi connectivity index (χ1) is 7.65. The van der Waals surface area contributed by atoms with Crippen LogP contribution in [0.2, 0.25) is 0 Å². The van der Waals surface area contributed by atoms with Crippen LogP contribution < -0.4 is 0 Å². The second-order valence-electron chi connectivity index (χ2n) is 3.46. The maximum absolute atomic E-state index is 10.2. The van der Waals surface area contributed by atoms with Gasteiger partial charge in [0.05, 0.1) is 18.9 Å². The zero-order valence-corrected chi connectivity index (χ0v) is 10.0. The minimum Gasteiger partial charge on any atom is -0.481 e. The van der Waals surface area contributed by atoms with E-state index in [1.54, 1.807) is 0 Å². The van der Waals surface area contributed by atoms with E-state index in [1.165, 1.54) is 20.8 Å². The molecule has 0 spiro atoms. The summed E-state index contributed by atoms with van der Waals surface area (Å²) < 4.78 is 4.54. The Labute approximate surface area is 99.0 Å². The lowest BCUT2D eigenvalue weighted by atomic mass is 10.3. The fourth-order valence-corrected chi connectivity index (χ4v) is 0.824. The number of aliphatic hydroxyl groups excluding tert-OH is 1. The van der Waals surface area contributed by atoms with Crippen LogP contribution in [0.5, 0.6) is 0 Å². The molecule has 0 heterocycles. The van der Waals surface area contributed by atoms with Gasteiger partial charge in [0.2, 0.25) is 0 Å². The van der Waals surface area contributed by atoms with Gasteiger partial charge in [-0.25, -0.2) is 0 Å². The topological polar surface area (TPSA) is 121 Å². The van der Waals surface area contributed by atoms with E-state index in [4.69, 9.17) is 15.3 Å². The van der Waals surface area contributed by atoms with Crippen molar-refractivity contribution >= 4 is 17.9 Å². The third-order valence-corrected chi connectivity index (χ3v) is 1.30. The number of hydrogen-bond acceptors (Lipinski definition) is 5. The van der Waals surface area contributed by atoms with Crippen LogP contribution >= 0.6 is 0 Å². The fourth-order valence-electron chi connectivity index (χ4n) is 0.824. The first-order valence-electron chi connectivity index (χ1n) is 4.94. The largest absolute Gasteiger partial charge is 0.481 e. The van der Waals surface area contributed by atoms with Crippen molar-refractivity contribution < 1.29 is 34.4 Å². The number of hydrogen-bond donors (Lipinski definition) is 3. The molecule has 0 aromatic rings. The Morgan fingerprint density at radius 1 is 1.06 bits per heavy atom. The van der Waals surface area contributed by atoms with Gasteiger partial charge >= 0.3 is 17.9 Å². The summed E-state index contributed by atoms with van der Waals surface area (Å²) in [6, 6.07) is 0. The van der Waals surface area contributed by atoms with E-state index in [9.17, 15) is 14.4 Å². The normalized spacial score (nSPS) is 12.7. The van der Waals surface area contributed by atoms with Gasteiger partial charge in [0, 0.05) is 6.92 Å². The van der Waals surface area contributed by atoms with Crippen LogP contribution in [0, 0.1) is 0 Å². The zero-order valence-electron chi connectivity index (χ0n) is 10.0. The summed E-state index contributed by atoms with van der Waals surface area (Å²) in [5, 5.41) is 24.5. The first-order valence-corrected chi connectivity index (χ1v) is 4.94. The van der Waals surface area contributed by atoms with Crippen molar-refractivity contribution in [1.82, 2.24) is 0 Å². The molecule has 3 N–H and O–H groups in total. The van der Waals surface area contributed by atoms with Crippen molar-refractivity contribution in [3.63, 3.8) is 0 Å². The summed E-state index contributed by atoms with van der Waals surface area (Å²) in [6.07, 6.45) is -1.56. The second-order valence-corrected chi connectivity index (χ2v) is 3.46. The third kappa shape index (κ3) is 20.4. The van der Waals surface area contributed by atoms with Crippen molar-refractivity contribution in [3.05, 3.63) is 0 Å². The number of ether oxygens (including phenoxy) is 1. The molecule has 2 unspecified atom stereocenters. The molecule has 0 aliphatic rings. The molecule has 0 aromatic heterocycles.